The molecule has 1 rings (SSSR count). The van der Waals surface area contributed by atoms with Gasteiger partial charge in [0.05, 0.1) is 5.69 Å². The lowest BCUT2D eigenvalue weighted by molar-refractivity contribution is 0.173. The van der Waals surface area contributed by atoms with Crippen LogP contribution in [-0.4, -0.2) is 29.3 Å². The quantitative estimate of drug-likeness (QED) is 0.773. The van der Waals surface area contributed by atoms with E-state index in [9.17, 15) is 4.79 Å². The van der Waals surface area contributed by atoms with Crippen molar-refractivity contribution in [3.63, 3.8) is 0 Å². The molecule has 0 unspecified atom stereocenters. The molecule has 0 aliphatic carbocycles. The Morgan fingerprint density at radius 3 is 2.13 bits per heavy atom. The number of hydrogen-bond acceptors (Lipinski definition) is 2. The summed E-state index contributed by atoms with van der Waals surface area (Å²) in [5.41, 5.74) is 0.675. The van der Waals surface area contributed by atoms with Gasteiger partial charge in [-0.05, 0) is 12.1 Å². The van der Waals surface area contributed by atoms with E-state index in [1.807, 2.05) is 32.0 Å². The van der Waals surface area contributed by atoms with E-state index in [2.05, 4.69) is 0 Å². The number of carboxylic acid groups (broad SMARTS) is 1. The van der Waals surface area contributed by atoms with Crippen LogP contribution >= 0.6 is 0 Å². The minimum Gasteiger partial charge on any atom is -0.464 e. The molecule has 4 nitrogen and oxygen atoms in total. The molecular weight excluding hydrogens is 192 g/mol. The molecule has 0 atom stereocenters. The lowest BCUT2D eigenvalue weighted by Gasteiger charge is -2.30. The molecule has 1 aromatic carbocycles. The van der Waals surface area contributed by atoms with Crippen molar-refractivity contribution in [1.82, 2.24) is 5.01 Å². The molecule has 0 saturated heterocycles. The van der Waals surface area contributed by atoms with Crippen molar-refractivity contribution in [2.45, 2.75) is 13.8 Å². The van der Waals surface area contributed by atoms with Crippen molar-refractivity contribution in [2.75, 3.05) is 18.1 Å². The number of hydrogen-bond donors (Lipinski definition) is 1. The smallest absolute Gasteiger partial charge is 0.426 e. The molecule has 15 heavy (non-hydrogen) atoms. The molecule has 0 aliphatic heterocycles. The van der Waals surface area contributed by atoms with Crippen LogP contribution in [0.15, 0.2) is 30.3 Å². The molecule has 4 heteroatoms. The molecular formula is C11H16N2O2. The molecule has 1 N–H and O–H groups in total. The monoisotopic (exact) mass is 208 g/mol. The Bertz CT molecular complexity index is 310. The normalized spacial score (nSPS) is 10.3. The van der Waals surface area contributed by atoms with Gasteiger partial charge in [-0.3, -0.25) is 0 Å². The maximum Gasteiger partial charge on any atom is 0.426 e. The molecule has 0 radical (unpaired) electrons. The Hall–Kier alpha value is -1.55. The Balaban J connectivity index is 2.97. The van der Waals surface area contributed by atoms with E-state index in [0.29, 0.717) is 18.8 Å². The Labute approximate surface area is 89.7 Å². The van der Waals surface area contributed by atoms with Crippen LogP contribution in [0.4, 0.5) is 10.5 Å². The van der Waals surface area contributed by atoms with Crippen LogP contribution in [0.1, 0.15) is 13.8 Å². The summed E-state index contributed by atoms with van der Waals surface area (Å²) in [7, 11) is 0. The molecule has 0 bridgehead atoms. The minimum absolute atomic E-state index is 0.664. The van der Waals surface area contributed by atoms with Crippen molar-refractivity contribution >= 4 is 11.8 Å². The van der Waals surface area contributed by atoms with Gasteiger partial charge in [-0.25, -0.2) is 14.8 Å². The van der Waals surface area contributed by atoms with Crippen molar-refractivity contribution in [3.8, 4) is 0 Å². The summed E-state index contributed by atoms with van der Waals surface area (Å²) in [6, 6.07) is 9.09. The summed E-state index contributed by atoms with van der Waals surface area (Å²) >= 11 is 0. The van der Waals surface area contributed by atoms with Crippen LogP contribution in [0.5, 0.6) is 0 Å². The second-order valence-electron chi connectivity index (χ2n) is 3.07. The largest absolute Gasteiger partial charge is 0.464 e. The average Bonchev–Trinajstić information content (AvgIpc) is 2.26. The second-order valence-corrected chi connectivity index (χ2v) is 3.07. The number of nitrogens with zero attached hydrogens (tertiary/aromatic N) is 2. The van der Waals surface area contributed by atoms with E-state index in [1.165, 1.54) is 5.01 Å². The van der Waals surface area contributed by atoms with Crippen LogP contribution < -0.4 is 5.01 Å². The average molecular weight is 208 g/mol. The zero-order chi connectivity index (χ0) is 11.3. The summed E-state index contributed by atoms with van der Waals surface area (Å²) in [5.74, 6) is 0. The number of hydrazine groups is 1. The first-order chi connectivity index (χ1) is 7.20. The number of benzene rings is 1. The zero-order valence-electron chi connectivity index (χ0n) is 9.05. The second kappa shape index (κ2) is 5.36. The summed E-state index contributed by atoms with van der Waals surface area (Å²) in [6.45, 7) is 5.19. The Morgan fingerprint density at radius 2 is 1.73 bits per heavy atom. The van der Waals surface area contributed by atoms with Gasteiger partial charge in [0, 0.05) is 13.1 Å². The van der Waals surface area contributed by atoms with Crippen LogP contribution in [0.2, 0.25) is 0 Å². The highest BCUT2D eigenvalue weighted by molar-refractivity contribution is 5.84. The van der Waals surface area contributed by atoms with Gasteiger partial charge >= 0.3 is 6.09 Å². The fourth-order valence-corrected chi connectivity index (χ4v) is 1.47. The molecule has 0 fully saturated rings. The van der Waals surface area contributed by atoms with Gasteiger partial charge in [0.25, 0.3) is 0 Å². The Kier molecular flexibility index (Phi) is 4.12. The van der Waals surface area contributed by atoms with E-state index in [-0.39, 0.29) is 0 Å². The molecule has 0 heterocycles. The van der Waals surface area contributed by atoms with Crippen molar-refractivity contribution in [3.05, 3.63) is 30.3 Å². The van der Waals surface area contributed by atoms with Crippen LogP contribution in [0, 0.1) is 0 Å². The third-order valence-electron chi connectivity index (χ3n) is 2.19. The van der Waals surface area contributed by atoms with E-state index >= 15 is 0 Å². The first-order valence-corrected chi connectivity index (χ1v) is 5.03. The van der Waals surface area contributed by atoms with E-state index in [0.717, 1.165) is 0 Å². The summed E-state index contributed by atoms with van der Waals surface area (Å²) in [4.78, 5) is 11.1. The van der Waals surface area contributed by atoms with Gasteiger partial charge < -0.3 is 5.11 Å². The van der Waals surface area contributed by atoms with Crippen LogP contribution in [0.3, 0.4) is 0 Å². The third-order valence-corrected chi connectivity index (χ3v) is 2.19. The number of anilines is 1. The lowest BCUT2D eigenvalue weighted by atomic mass is 10.3. The molecule has 1 amide bonds. The number of carbonyl (C=O) groups is 1. The fraction of sp³-hybridized carbons (Fsp3) is 0.364. The highest BCUT2D eigenvalue weighted by Gasteiger charge is 2.19. The molecule has 1 aromatic rings. The van der Waals surface area contributed by atoms with E-state index in [1.54, 1.807) is 17.1 Å². The molecule has 0 aliphatic rings. The molecule has 0 saturated carbocycles. The lowest BCUT2D eigenvalue weighted by Crippen LogP contribution is -2.46. The summed E-state index contributed by atoms with van der Waals surface area (Å²) in [6.07, 6.45) is -0.954. The topological polar surface area (TPSA) is 43.8 Å². The van der Waals surface area contributed by atoms with Crippen LogP contribution in [-0.2, 0) is 0 Å². The summed E-state index contributed by atoms with van der Waals surface area (Å²) < 4.78 is 0. The van der Waals surface area contributed by atoms with Crippen LogP contribution in [0.25, 0.3) is 0 Å². The van der Waals surface area contributed by atoms with Gasteiger partial charge in [0.15, 0.2) is 0 Å². The van der Waals surface area contributed by atoms with Gasteiger partial charge in [-0.15, -0.1) is 0 Å². The first kappa shape index (κ1) is 11.5. The SMILES string of the molecule is CCN(CC)N(C(=O)O)c1ccccc1. The van der Waals surface area contributed by atoms with E-state index < -0.39 is 6.09 Å². The van der Waals surface area contributed by atoms with Crippen molar-refractivity contribution < 1.29 is 9.90 Å². The highest BCUT2D eigenvalue weighted by Crippen LogP contribution is 2.15. The minimum atomic E-state index is -0.954. The third kappa shape index (κ3) is 2.70. The predicted octanol–water partition coefficient (Wildman–Crippen LogP) is 2.43. The maximum atomic E-state index is 11.1. The molecule has 0 spiro atoms. The van der Waals surface area contributed by atoms with E-state index in [4.69, 9.17) is 5.11 Å². The number of para-hydroxylation sites is 1. The van der Waals surface area contributed by atoms with Gasteiger partial charge in [-0.2, -0.15) is 0 Å². The number of rotatable bonds is 4. The first-order valence-electron chi connectivity index (χ1n) is 5.03. The Morgan fingerprint density at radius 1 is 1.20 bits per heavy atom. The summed E-state index contributed by atoms with van der Waals surface area (Å²) in [5, 5.41) is 12.2. The number of amides is 1. The van der Waals surface area contributed by atoms with Crippen molar-refractivity contribution in [1.29, 1.82) is 0 Å². The fourth-order valence-electron chi connectivity index (χ4n) is 1.47. The van der Waals surface area contributed by atoms with Gasteiger partial charge in [0.2, 0.25) is 0 Å². The predicted molar refractivity (Wildman–Crippen MR) is 59.9 cm³/mol. The molecule has 82 valence electrons. The zero-order valence-corrected chi connectivity index (χ0v) is 9.05. The standard InChI is InChI=1S/C11H16N2O2/c1-3-12(4-2)13(11(14)15)10-8-6-5-7-9-10/h5-9H,3-4H2,1-2H3,(H,14,15). The van der Waals surface area contributed by atoms with Gasteiger partial charge in [-0.1, -0.05) is 32.0 Å². The highest BCUT2D eigenvalue weighted by atomic mass is 16.4. The maximum absolute atomic E-state index is 11.1. The van der Waals surface area contributed by atoms with Gasteiger partial charge in [0.1, 0.15) is 0 Å². The van der Waals surface area contributed by atoms with Crippen molar-refractivity contribution in [2.24, 2.45) is 0 Å². The molecule has 0 aromatic heterocycles.